The van der Waals surface area contributed by atoms with E-state index in [9.17, 15) is 19.5 Å². The second-order valence-electron chi connectivity index (χ2n) is 5.43. The fourth-order valence-corrected chi connectivity index (χ4v) is 2.41. The largest absolute Gasteiger partial charge is 0.479 e. The SMILES string of the molecule is CC(=O)c1cc(COC=O)ccc1OC1CC(O)CC(C(=O)O)O1. The lowest BCUT2D eigenvalue weighted by atomic mass is 10.0. The number of ether oxygens (including phenoxy) is 3. The molecule has 1 aromatic rings. The fraction of sp³-hybridized carbons (Fsp3) is 0.438. The summed E-state index contributed by atoms with van der Waals surface area (Å²) in [5, 5.41) is 18.8. The highest BCUT2D eigenvalue weighted by Gasteiger charge is 2.34. The van der Waals surface area contributed by atoms with Crippen LogP contribution in [0.2, 0.25) is 0 Å². The first-order valence-corrected chi connectivity index (χ1v) is 7.32. The predicted molar refractivity (Wildman–Crippen MR) is 79.5 cm³/mol. The first kappa shape index (κ1) is 17.9. The molecule has 2 rings (SSSR count). The second-order valence-corrected chi connectivity index (χ2v) is 5.43. The van der Waals surface area contributed by atoms with Gasteiger partial charge in [-0.3, -0.25) is 9.59 Å². The van der Waals surface area contributed by atoms with Crippen molar-refractivity contribution in [3.05, 3.63) is 29.3 Å². The number of hydrogen-bond acceptors (Lipinski definition) is 7. The molecule has 3 unspecified atom stereocenters. The van der Waals surface area contributed by atoms with Gasteiger partial charge in [0.1, 0.15) is 12.4 Å². The van der Waals surface area contributed by atoms with E-state index in [1.807, 2.05) is 0 Å². The van der Waals surface area contributed by atoms with Gasteiger partial charge in [-0.05, 0) is 24.6 Å². The molecule has 3 atom stereocenters. The molecule has 0 bridgehead atoms. The molecule has 1 aliphatic heterocycles. The van der Waals surface area contributed by atoms with Crippen LogP contribution in [0.15, 0.2) is 18.2 Å². The number of aliphatic hydroxyl groups is 1. The number of Topliss-reactive ketones (excluding diaryl/α,β-unsaturated/α-hetero) is 1. The summed E-state index contributed by atoms with van der Waals surface area (Å²) in [5.41, 5.74) is 0.852. The molecule has 130 valence electrons. The number of rotatable bonds is 7. The Morgan fingerprint density at radius 3 is 2.75 bits per heavy atom. The molecule has 1 fully saturated rings. The Hall–Kier alpha value is -2.45. The van der Waals surface area contributed by atoms with Crippen molar-refractivity contribution in [1.29, 1.82) is 0 Å². The fourth-order valence-electron chi connectivity index (χ4n) is 2.41. The third kappa shape index (κ3) is 4.53. The molecule has 0 aliphatic carbocycles. The molecule has 1 saturated heterocycles. The molecule has 0 saturated carbocycles. The predicted octanol–water partition coefficient (Wildman–Crippen LogP) is 0.892. The molecule has 1 aliphatic rings. The van der Waals surface area contributed by atoms with Gasteiger partial charge in [-0.1, -0.05) is 6.07 Å². The van der Waals surface area contributed by atoms with Crippen LogP contribution in [0.4, 0.5) is 0 Å². The number of hydrogen-bond donors (Lipinski definition) is 2. The van der Waals surface area contributed by atoms with Crippen molar-refractivity contribution >= 4 is 18.2 Å². The molecule has 2 N–H and O–H groups in total. The standard InChI is InChI=1S/C16H18O8/c1-9(18)12-4-10(7-22-8-17)2-3-13(12)23-15-6-11(19)5-14(24-15)16(20)21/h2-4,8,11,14-15,19H,5-7H2,1H3,(H,20,21). The summed E-state index contributed by atoms with van der Waals surface area (Å²) < 4.78 is 15.5. The molecule has 0 radical (unpaired) electrons. The van der Waals surface area contributed by atoms with E-state index in [2.05, 4.69) is 4.74 Å². The van der Waals surface area contributed by atoms with Crippen LogP contribution in [-0.2, 0) is 25.7 Å². The highest BCUT2D eigenvalue weighted by Crippen LogP contribution is 2.27. The molecule has 1 aromatic carbocycles. The number of carbonyl (C=O) groups excluding carboxylic acids is 2. The molecule has 8 heteroatoms. The van der Waals surface area contributed by atoms with Crippen LogP contribution in [0.1, 0.15) is 35.7 Å². The summed E-state index contributed by atoms with van der Waals surface area (Å²) >= 11 is 0. The van der Waals surface area contributed by atoms with Crippen molar-refractivity contribution in [2.24, 2.45) is 0 Å². The number of aliphatic hydroxyl groups excluding tert-OH is 1. The quantitative estimate of drug-likeness (QED) is 0.556. The van der Waals surface area contributed by atoms with Gasteiger partial charge in [-0.2, -0.15) is 0 Å². The maximum absolute atomic E-state index is 11.8. The van der Waals surface area contributed by atoms with E-state index >= 15 is 0 Å². The van der Waals surface area contributed by atoms with E-state index in [-0.39, 0.29) is 36.5 Å². The molecule has 0 spiro atoms. The van der Waals surface area contributed by atoms with Crippen LogP contribution in [0.25, 0.3) is 0 Å². The summed E-state index contributed by atoms with van der Waals surface area (Å²) in [6.45, 7) is 1.67. The van der Waals surface area contributed by atoms with E-state index in [1.54, 1.807) is 6.07 Å². The Balaban J connectivity index is 2.17. The Morgan fingerprint density at radius 1 is 1.38 bits per heavy atom. The Labute approximate surface area is 137 Å². The maximum Gasteiger partial charge on any atom is 0.333 e. The molecular weight excluding hydrogens is 320 g/mol. The third-order valence-corrected chi connectivity index (χ3v) is 3.54. The molecule has 0 aromatic heterocycles. The van der Waals surface area contributed by atoms with Gasteiger partial charge in [0.15, 0.2) is 11.9 Å². The number of carbonyl (C=O) groups is 3. The van der Waals surface area contributed by atoms with E-state index in [4.69, 9.17) is 14.6 Å². The van der Waals surface area contributed by atoms with Crippen molar-refractivity contribution in [3.63, 3.8) is 0 Å². The lowest BCUT2D eigenvalue weighted by Crippen LogP contribution is -2.42. The summed E-state index contributed by atoms with van der Waals surface area (Å²) in [5.74, 6) is -1.25. The lowest BCUT2D eigenvalue weighted by molar-refractivity contribution is -0.195. The highest BCUT2D eigenvalue weighted by atomic mass is 16.7. The molecule has 24 heavy (non-hydrogen) atoms. The summed E-state index contributed by atoms with van der Waals surface area (Å²) in [6, 6.07) is 4.65. The second kappa shape index (κ2) is 7.89. The molecule has 0 amide bonds. The van der Waals surface area contributed by atoms with Gasteiger partial charge in [0.2, 0.25) is 6.29 Å². The zero-order valence-corrected chi connectivity index (χ0v) is 13.0. The van der Waals surface area contributed by atoms with Crippen molar-refractivity contribution < 1.29 is 38.8 Å². The van der Waals surface area contributed by atoms with Crippen LogP contribution < -0.4 is 4.74 Å². The van der Waals surface area contributed by atoms with Crippen LogP contribution in [0.3, 0.4) is 0 Å². The number of carboxylic acid groups (broad SMARTS) is 1. The van der Waals surface area contributed by atoms with Crippen molar-refractivity contribution in [1.82, 2.24) is 0 Å². The van der Waals surface area contributed by atoms with Crippen molar-refractivity contribution in [3.8, 4) is 5.75 Å². The van der Waals surface area contributed by atoms with Crippen molar-refractivity contribution in [2.75, 3.05) is 0 Å². The van der Waals surface area contributed by atoms with Crippen molar-refractivity contribution in [2.45, 2.75) is 44.9 Å². The average Bonchev–Trinajstić information content (AvgIpc) is 2.53. The first-order valence-electron chi connectivity index (χ1n) is 7.32. The summed E-state index contributed by atoms with van der Waals surface area (Å²) in [4.78, 5) is 33.1. The lowest BCUT2D eigenvalue weighted by Gasteiger charge is -2.31. The smallest absolute Gasteiger partial charge is 0.333 e. The number of benzene rings is 1. The Kier molecular flexibility index (Phi) is 5.88. The number of ketones is 1. The van der Waals surface area contributed by atoms with E-state index < -0.39 is 24.5 Å². The Morgan fingerprint density at radius 2 is 2.12 bits per heavy atom. The topological polar surface area (TPSA) is 119 Å². The van der Waals surface area contributed by atoms with Gasteiger partial charge in [-0.25, -0.2) is 4.79 Å². The van der Waals surface area contributed by atoms with Crippen LogP contribution >= 0.6 is 0 Å². The van der Waals surface area contributed by atoms with Gasteiger partial charge in [-0.15, -0.1) is 0 Å². The summed E-state index contributed by atoms with van der Waals surface area (Å²) in [6.07, 6.45) is -2.94. The monoisotopic (exact) mass is 338 g/mol. The summed E-state index contributed by atoms with van der Waals surface area (Å²) in [7, 11) is 0. The van der Waals surface area contributed by atoms with E-state index in [0.717, 1.165) is 0 Å². The van der Waals surface area contributed by atoms with Gasteiger partial charge in [0.25, 0.3) is 6.47 Å². The minimum Gasteiger partial charge on any atom is -0.479 e. The van der Waals surface area contributed by atoms with Crippen LogP contribution in [0.5, 0.6) is 5.75 Å². The zero-order valence-electron chi connectivity index (χ0n) is 13.0. The average molecular weight is 338 g/mol. The van der Waals surface area contributed by atoms with E-state index in [1.165, 1.54) is 19.1 Å². The van der Waals surface area contributed by atoms with Gasteiger partial charge < -0.3 is 24.4 Å². The van der Waals surface area contributed by atoms with Crippen LogP contribution in [-0.4, -0.2) is 46.9 Å². The molecular formula is C16H18O8. The molecule has 8 nitrogen and oxygen atoms in total. The number of carboxylic acids is 1. The minimum absolute atomic E-state index is 0.0171. The zero-order chi connectivity index (χ0) is 17.7. The first-order chi connectivity index (χ1) is 11.4. The minimum atomic E-state index is -1.18. The highest BCUT2D eigenvalue weighted by molar-refractivity contribution is 5.97. The molecule has 1 heterocycles. The van der Waals surface area contributed by atoms with Crippen LogP contribution in [0, 0.1) is 0 Å². The maximum atomic E-state index is 11.8. The van der Waals surface area contributed by atoms with Gasteiger partial charge >= 0.3 is 5.97 Å². The Bertz CT molecular complexity index is 627. The van der Waals surface area contributed by atoms with E-state index in [0.29, 0.717) is 12.0 Å². The van der Waals surface area contributed by atoms with Gasteiger partial charge in [0, 0.05) is 12.8 Å². The number of aliphatic carboxylic acids is 1. The van der Waals surface area contributed by atoms with Gasteiger partial charge in [0.05, 0.1) is 11.7 Å². The third-order valence-electron chi connectivity index (χ3n) is 3.54. The normalized spacial score (nSPS) is 23.3.